The molecule has 0 spiro atoms. The van der Waals surface area contributed by atoms with Gasteiger partial charge in [0.15, 0.2) is 9.84 Å². The van der Waals surface area contributed by atoms with Crippen molar-refractivity contribution in [1.82, 2.24) is 5.32 Å². The molecule has 35 heavy (non-hydrogen) atoms. The number of carbonyl (C=O) groups is 1. The first-order valence-electron chi connectivity index (χ1n) is 12.4. The molecule has 2 aromatic rings. The summed E-state index contributed by atoms with van der Waals surface area (Å²) in [5.41, 5.74) is 2.27. The fraction of sp³-hybridized carbons (Fsp3) is 0.519. The zero-order valence-electron chi connectivity index (χ0n) is 21.0. The number of carbonyl (C=O) groups excluding carboxylic acids is 1. The summed E-state index contributed by atoms with van der Waals surface area (Å²) in [5, 5.41) is 3.09. The summed E-state index contributed by atoms with van der Waals surface area (Å²) in [6.45, 7) is 5.31. The van der Waals surface area contributed by atoms with Gasteiger partial charge in [0.2, 0.25) is 5.91 Å². The Hall–Kier alpha value is -1.51. The molecule has 1 aliphatic heterocycles. The third kappa shape index (κ3) is 6.83. The number of nitrogens with one attached hydrogen (secondary N) is 1. The Morgan fingerprint density at radius 3 is 2.34 bits per heavy atom. The third-order valence-corrected chi connectivity index (χ3v) is 10.1. The van der Waals surface area contributed by atoms with Crippen LogP contribution in [-0.2, 0) is 21.2 Å². The van der Waals surface area contributed by atoms with Crippen LogP contribution in [0.1, 0.15) is 57.9 Å². The van der Waals surface area contributed by atoms with E-state index in [1.807, 2.05) is 30.5 Å². The molecule has 0 aliphatic carbocycles. The van der Waals surface area contributed by atoms with Crippen molar-refractivity contribution >= 4 is 54.8 Å². The molecule has 1 heterocycles. The smallest absolute Gasteiger partial charge is 0.230 e. The molecular formula is C27H37BrN2O3S2. The molecule has 0 unspecified atom stereocenters. The van der Waals surface area contributed by atoms with Crippen LogP contribution in [0.4, 0.5) is 11.4 Å². The second-order valence-corrected chi connectivity index (χ2v) is 12.8. The summed E-state index contributed by atoms with van der Waals surface area (Å²) in [6, 6.07) is 13.9. The molecule has 192 valence electrons. The molecule has 0 fully saturated rings. The second-order valence-electron chi connectivity index (χ2n) is 9.43. The maximum atomic E-state index is 14.0. The fourth-order valence-corrected chi connectivity index (χ4v) is 7.91. The van der Waals surface area contributed by atoms with Gasteiger partial charge in [-0.3, -0.25) is 4.79 Å². The predicted molar refractivity (Wildman–Crippen MR) is 151 cm³/mol. The number of sulfone groups is 1. The van der Waals surface area contributed by atoms with Crippen molar-refractivity contribution in [2.45, 2.75) is 68.7 Å². The molecule has 8 heteroatoms. The molecule has 0 atom stereocenters. The first-order chi connectivity index (χ1) is 16.8. The minimum absolute atomic E-state index is 0.126. The van der Waals surface area contributed by atoms with E-state index >= 15 is 0 Å². The van der Waals surface area contributed by atoms with Gasteiger partial charge in [0.1, 0.15) is 0 Å². The lowest BCUT2D eigenvalue weighted by molar-refractivity contribution is -0.118. The number of amides is 1. The van der Waals surface area contributed by atoms with Crippen molar-refractivity contribution in [2.75, 3.05) is 28.8 Å². The molecule has 0 radical (unpaired) electrons. The van der Waals surface area contributed by atoms with Crippen LogP contribution >= 0.6 is 27.7 Å². The minimum atomic E-state index is -3.55. The van der Waals surface area contributed by atoms with E-state index in [1.165, 1.54) is 0 Å². The Labute approximate surface area is 223 Å². The van der Waals surface area contributed by atoms with Crippen molar-refractivity contribution in [3.8, 4) is 0 Å². The molecule has 3 rings (SSSR count). The molecule has 0 saturated heterocycles. The lowest BCUT2D eigenvalue weighted by Gasteiger charge is -2.37. The number of rotatable bonds is 11. The molecule has 1 aliphatic rings. The first-order valence-corrected chi connectivity index (χ1v) is 16.4. The van der Waals surface area contributed by atoms with E-state index in [1.54, 1.807) is 17.8 Å². The van der Waals surface area contributed by atoms with E-state index in [2.05, 4.69) is 52.1 Å². The zero-order chi connectivity index (χ0) is 25.5. The highest BCUT2D eigenvalue weighted by Crippen LogP contribution is 2.46. The van der Waals surface area contributed by atoms with Crippen molar-refractivity contribution in [3.63, 3.8) is 0 Å². The second kappa shape index (κ2) is 12.6. The predicted octanol–water partition coefficient (Wildman–Crippen LogP) is 6.71. The number of nitrogens with zero attached hydrogens (tertiary/aromatic N) is 1. The Morgan fingerprint density at radius 2 is 1.77 bits per heavy atom. The van der Waals surface area contributed by atoms with Crippen LogP contribution in [0.15, 0.2) is 52.3 Å². The van der Waals surface area contributed by atoms with Crippen LogP contribution in [-0.4, -0.2) is 38.2 Å². The van der Waals surface area contributed by atoms with Gasteiger partial charge in [-0.2, -0.15) is 0 Å². The zero-order valence-corrected chi connectivity index (χ0v) is 24.2. The summed E-state index contributed by atoms with van der Waals surface area (Å²) in [5.74, 6) is 0.0289. The lowest BCUT2D eigenvalue weighted by Crippen LogP contribution is -2.38. The third-order valence-electron chi connectivity index (χ3n) is 6.76. The quantitative estimate of drug-likeness (QED) is 0.236. The molecule has 0 saturated carbocycles. The number of hydrogen-bond acceptors (Lipinski definition) is 5. The van der Waals surface area contributed by atoms with Gasteiger partial charge in [0, 0.05) is 29.1 Å². The monoisotopic (exact) mass is 580 g/mol. The minimum Gasteiger partial charge on any atom is -0.351 e. The van der Waals surface area contributed by atoms with Gasteiger partial charge < -0.3 is 10.2 Å². The number of unbranched alkanes of at least 4 members (excludes halogenated alkanes) is 2. The number of fused-ring (bicyclic) bond motifs is 1. The van der Waals surface area contributed by atoms with Crippen molar-refractivity contribution in [3.05, 3.63) is 48.0 Å². The summed E-state index contributed by atoms with van der Waals surface area (Å²) < 4.78 is 28.1. The summed E-state index contributed by atoms with van der Waals surface area (Å²) in [7, 11) is -3.55. The Morgan fingerprint density at radius 1 is 1.11 bits per heavy atom. The topological polar surface area (TPSA) is 66.5 Å². The number of thioether (sulfide) groups is 1. The van der Waals surface area contributed by atoms with Crippen molar-refractivity contribution in [2.24, 2.45) is 5.41 Å². The average molecular weight is 582 g/mol. The van der Waals surface area contributed by atoms with Crippen molar-refractivity contribution in [1.29, 1.82) is 0 Å². The van der Waals surface area contributed by atoms with Crippen LogP contribution in [0.3, 0.4) is 0 Å². The lowest BCUT2D eigenvalue weighted by atomic mass is 9.79. The summed E-state index contributed by atoms with van der Waals surface area (Å²) >= 11 is 4.75. The van der Waals surface area contributed by atoms with E-state index < -0.39 is 9.84 Å². The Balaban J connectivity index is 2.21. The van der Waals surface area contributed by atoms with Gasteiger partial charge in [0.05, 0.1) is 21.7 Å². The molecule has 1 N–H and O–H groups in total. The maximum Gasteiger partial charge on any atom is 0.230 e. The fourth-order valence-electron chi connectivity index (χ4n) is 4.94. The van der Waals surface area contributed by atoms with Gasteiger partial charge in [-0.25, -0.2) is 8.42 Å². The molecule has 0 bridgehead atoms. The van der Waals surface area contributed by atoms with E-state index in [4.69, 9.17) is 0 Å². The standard InChI is InChI=1S/C27H37BrN2O3S2/c1-4-6-13-27(14-7-5-2)19-30(22-11-9-8-10-12-22)23-16-24(34-3)21(18-29-26(31)17-28)15-25(23)35(32,33)20-27/h8-12,15-16H,4-7,13-14,17-20H2,1-3H3,(H,29,31). The number of hydrogen-bond donors (Lipinski definition) is 1. The van der Waals surface area contributed by atoms with Crippen LogP contribution in [0, 0.1) is 5.41 Å². The number of para-hydroxylation sites is 1. The van der Waals surface area contributed by atoms with E-state index in [9.17, 15) is 13.2 Å². The normalized spacial score (nSPS) is 16.4. The van der Waals surface area contributed by atoms with E-state index in [-0.39, 0.29) is 22.4 Å². The largest absolute Gasteiger partial charge is 0.351 e. The number of benzene rings is 2. The number of alkyl halides is 1. The average Bonchev–Trinajstić information content (AvgIpc) is 2.96. The Kier molecular flexibility index (Phi) is 10.1. The number of halogens is 1. The van der Waals surface area contributed by atoms with Crippen LogP contribution in [0.25, 0.3) is 0 Å². The molecule has 2 aromatic carbocycles. The van der Waals surface area contributed by atoms with Crippen LogP contribution in [0.2, 0.25) is 0 Å². The van der Waals surface area contributed by atoms with Gasteiger partial charge in [-0.15, -0.1) is 11.8 Å². The van der Waals surface area contributed by atoms with Crippen LogP contribution in [0.5, 0.6) is 0 Å². The van der Waals surface area contributed by atoms with Gasteiger partial charge in [0.25, 0.3) is 0 Å². The molecule has 1 amide bonds. The highest BCUT2D eigenvalue weighted by molar-refractivity contribution is 9.09. The molecule has 0 aromatic heterocycles. The van der Waals surface area contributed by atoms with Crippen LogP contribution < -0.4 is 10.2 Å². The van der Waals surface area contributed by atoms with Crippen molar-refractivity contribution < 1.29 is 13.2 Å². The summed E-state index contributed by atoms with van der Waals surface area (Å²) in [6.07, 6.45) is 7.88. The SMILES string of the molecule is CCCCC1(CCCC)CN(c2ccccc2)c2cc(SC)c(CNC(=O)CBr)cc2S(=O)(=O)C1. The molecule has 5 nitrogen and oxygen atoms in total. The van der Waals surface area contributed by atoms with Gasteiger partial charge >= 0.3 is 0 Å². The Bertz CT molecular complexity index is 1100. The van der Waals surface area contributed by atoms with Gasteiger partial charge in [-0.05, 0) is 48.9 Å². The maximum absolute atomic E-state index is 14.0. The highest BCUT2D eigenvalue weighted by Gasteiger charge is 2.42. The number of anilines is 2. The first kappa shape index (κ1) is 28.1. The highest BCUT2D eigenvalue weighted by atomic mass is 79.9. The molecular weight excluding hydrogens is 544 g/mol. The van der Waals surface area contributed by atoms with Gasteiger partial charge in [-0.1, -0.05) is 73.7 Å². The van der Waals surface area contributed by atoms with E-state index in [0.717, 1.165) is 60.4 Å². The van der Waals surface area contributed by atoms with E-state index in [0.29, 0.717) is 18.0 Å². The summed E-state index contributed by atoms with van der Waals surface area (Å²) in [4.78, 5) is 15.5.